The Morgan fingerprint density at radius 1 is 1.26 bits per heavy atom. The van der Waals surface area contributed by atoms with Gasteiger partial charge in [0.05, 0.1) is 21.4 Å². The summed E-state index contributed by atoms with van der Waals surface area (Å²) in [4.78, 5) is 12.6. The van der Waals surface area contributed by atoms with Crippen LogP contribution in [0.1, 0.15) is 50.4 Å². The Balaban J connectivity index is 2.09. The van der Waals surface area contributed by atoms with Crippen molar-refractivity contribution in [3.05, 3.63) is 33.8 Å². The summed E-state index contributed by atoms with van der Waals surface area (Å²) in [7, 11) is -3.17. The molecule has 0 saturated carbocycles. The highest BCUT2D eigenvalue weighted by Crippen LogP contribution is 2.38. The highest BCUT2D eigenvalue weighted by atomic mass is 35.5. The topological polar surface area (TPSA) is 66.5 Å². The van der Waals surface area contributed by atoms with Crippen molar-refractivity contribution in [1.29, 1.82) is 0 Å². The molecule has 0 bridgehead atoms. The fourth-order valence-electron chi connectivity index (χ4n) is 3.78. The number of carbonyl (C=O) groups excluding carboxylic acids is 1. The summed E-state index contributed by atoms with van der Waals surface area (Å²) in [6, 6.07) is 4.99. The Labute approximate surface area is 172 Å². The Hall–Kier alpha value is -0.820. The summed E-state index contributed by atoms with van der Waals surface area (Å²) < 4.78 is 25.8. The Morgan fingerprint density at radius 2 is 1.89 bits per heavy atom. The van der Waals surface area contributed by atoms with Gasteiger partial charge >= 0.3 is 0 Å². The Morgan fingerprint density at radius 3 is 2.44 bits per heavy atom. The van der Waals surface area contributed by atoms with Crippen LogP contribution in [0.2, 0.25) is 10.0 Å². The molecule has 152 valence electrons. The van der Waals surface area contributed by atoms with Crippen LogP contribution in [0.4, 0.5) is 0 Å². The van der Waals surface area contributed by atoms with Crippen molar-refractivity contribution in [2.24, 2.45) is 11.3 Å². The van der Waals surface area contributed by atoms with Gasteiger partial charge < -0.3 is 5.32 Å². The minimum atomic E-state index is -3.17. The van der Waals surface area contributed by atoms with Gasteiger partial charge in [-0.2, -0.15) is 0 Å². The van der Waals surface area contributed by atoms with Crippen molar-refractivity contribution in [2.45, 2.75) is 40.0 Å². The number of piperidine rings is 1. The molecule has 1 aromatic rings. The molecule has 2 rings (SSSR count). The van der Waals surface area contributed by atoms with Crippen molar-refractivity contribution in [3.8, 4) is 0 Å². The van der Waals surface area contributed by atoms with E-state index in [1.807, 2.05) is 0 Å². The van der Waals surface area contributed by atoms with E-state index in [0.717, 1.165) is 19.3 Å². The first kappa shape index (κ1) is 22.5. The van der Waals surface area contributed by atoms with Crippen LogP contribution < -0.4 is 5.32 Å². The maximum Gasteiger partial charge on any atom is 0.252 e. The maximum absolute atomic E-state index is 12.6. The summed E-state index contributed by atoms with van der Waals surface area (Å²) in [6.45, 7) is 7.44. The highest BCUT2D eigenvalue weighted by Gasteiger charge is 2.38. The summed E-state index contributed by atoms with van der Waals surface area (Å²) in [5.41, 5.74) is 0.240. The number of nitrogens with zero attached hydrogens (tertiary/aromatic N) is 1. The molecule has 27 heavy (non-hydrogen) atoms. The molecule has 1 aromatic carbocycles. The van der Waals surface area contributed by atoms with Gasteiger partial charge in [0.2, 0.25) is 10.0 Å². The lowest BCUT2D eigenvalue weighted by atomic mass is 9.73. The molecule has 0 radical (unpaired) electrons. The first-order valence-electron chi connectivity index (χ1n) is 9.30. The van der Waals surface area contributed by atoms with Gasteiger partial charge in [0.25, 0.3) is 5.91 Å². The van der Waals surface area contributed by atoms with E-state index >= 15 is 0 Å². The summed E-state index contributed by atoms with van der Waals surface area (Å²) in [6.07, 6.45) is 2.39. The second kappa shape index (κ2) is 9.12. The van der Waals surface area contributed by atoms with Crippen LogP contribution in [0.3, 0.4) is 0 Å². The van der Waals surface area contributed by atoms with E-state index in [4.69, 9.17) is 23.2 Å². The van der Waals surface area contributed by atoms with Crippen molar-refractivity contribution in [2.75, 3.05) is 25.4 Å². The number of hydrogen-bond acceptors (Lipinski definition) is 3. The van der Waals surface area contributed by atoms with Crippen LogP contribution in [0, 0.1) is 11.3 Å². The quantitative estimate of drug-likeness (QED) is 0.698. The molecule has 1 fully saturated rings. The number of rotatable bonds is 7. The molecule has 1 N–H and O–H groups in total. The lowest BCUT2D eigenvalue weighted by Gasteiger charge is -2.42. The smallest absolute Gasteiger partial charge is 0.252 e. The zero-order valence-corrected chi connectivity index (χ0v) is 18.4. The fourth-order valence-corrected chi connectivity index (χ4v) is 5.27. The molecule has 1 amide bonds. The zero-order chi connectivity index (χ0) is 20.2. The second-order valence-electron chi connectivity index (χ2n) is 7.68. The number of benzene rings is 1. The number of nitrogens with one attached hydrogen (secondary N) is 1. The molecular weight excluding hydrogens is 407 g/mol. The molecule has 5 nitrogen and oxygen atoms in total. The summed E-state index contributed by atoms with van der Waals surface area (Å²) >= 11 is 12.1. The number of hydrogen-bond donors (Lipinski definition) is 1. The van der Waals surface area contributed by atoms with Crippen molar-refractivity contribution in [3.63, 3.8) is 0 Å². The average Bonchev–Trinajstić information content (AvgIpc) is 2.62. The third-order valence-electron chi connectivity index (χ3n) is 5.20. The average molecular weight is 435 g/mol. The number of amides is 1. The lowest BCUT2D eigenvalue weighted by molar-refractivity contribution is 0.0856. The minimum absolute atomic E-state index is 0.116. The van der Waals surface area contributed by atoms with Gasteiger partial charge in [0.1, 0.15) is 0 Å². The Kier molecular flexibility index (Phi) is 7.59. The van der Waals surface area contributed by atoms with Crippen LogP contribution in [-0.4, -0.2) is 44.0 Å². The van der Waals surface area contributed by atoms with Crippen molar-refractivity contribution in [1.82, 2.24) is 9.62 Å². The summed E-state index contributed by atoms with van der Waals surface area (Å²) in [5, 5.41) is 3.60. The van der Waals surface area contributed by atoms with E-state index in [2.05, 4.69) is 19.2 Å². The molecule has 0 aromatic heterocycles. The van der Waals surface area contributed by atoms with Crippen LogP contribution >= 0.6 is 23.2 Å². The number of halogens is 2. The monoisotopic (exact) mass is 434 g/mol. The molecular formula is C19H28Cl2N2O3S. The molecule has 0 spiro atoms. The molecule has 0 atom stereocenters. The Bertz CT molecular complexity index is 773. The largest absolute Gasteiger partial charge is 0.351 e. The standard InChI is InChI=1S/C19H28Cl2N2O3S/c1-4-27(25,26)23-10-8-19(9-11-23,12-14(2)3)13-22-18(24)15-6-5-7-16(20)17(15)21/h5-7,14H,4,8-13H2,1-3H3,(H,22,24). The molecule has 0 unspecified atom stereocenters. The van der Waals surface area contributed by atoms with Crippen LogP contribution in [0.5, 0.6) is 0 Å². The first-order chi connectivity index (χ1) is 12.6. The molecule has 0 aliphatic carbocycles. The van der Waals surface area contributed by atoms with Gasteiger partial charge in [-0.05, 0) is 49.7 Å². The lowest BCUT2D eigenvalue weighted by Crippen LogP contribution is -2.48. The first-order valence-corrected chi connectivity index (χ1v) is 11.7. The van der Waals surface area contributed by atoms with Gasteiger partial charge in [-0.3, -0.25) is 4.79 Å². The number of sulfonamides is 1. The SMILES string of the molecule is CCS(=O)(=O)N1CCC(CNC(=O)c2cccc(Cl)c2Cl)(CC(C)C)CC1. The van der Waals surface area contributed by atoms with Gasteiger partial charge in [-0.15, -0.1) is 0 Å². The van der Waals surface area contributed by atoms with Crippen molar-refractivity contribution < 1.29 is 13.2 Å². The van der Waals surface area contributed by atoms with Crippen molar-refractivity contribution >= 4 is 39.1 Å². The van der Waals surface area contributed by atoms with E-state index in [-0.39, 0.29) is 22.1 Å². The highest BCUT2D eigenvalue weighted by molar-refractivity contribution is 7.89. The van der Waals surface area contributed by atoms with Gasteiger partial charge in [0, 0.05) is 19.6 Å². The third kappa shape index (κ3) is 5.59. The normalized spacial score (nSPS) is 17.9. The van der Waals surface area contributed by atoms with E-state index < -0.39 is 10.0 Å². The van der Waals surface area contributed by atoms with Gasteiger partial charge in [-0.1, -0.05) is 43.1 Å². The molecule has 1 heterocycles. The summed E-state index contributed by atoms with van der Waals surface area (Å²) in [5.74, 6) is 0.314. The second-order valence-corrected chi connectivity index (χ2v) is 10.7. The van der Waals surface area contributed by atoms with Crippen LogP contribution in [0.25, 0.3) is 0 Å². The molecule has 1 saturated heterocycles. The predicted octanol–water partition coefficient (Wildman–Crippen LogP) is 4.20. The molecule has 8 heteroatoms. The van der Waals surface area contributed by atoms with E-state index in [1.165, 1.54) is 0 Å². The molecule has 1 aliphatic rings. The predicted molar refractivity (Wildman–Crippen MR) is 111 cm³/mol. The number of carbonyl (C=O) groups is 1. The van der Waals surface area contributed by atoms with Crippen LogP contribution in [-0.2, 0) is 10.0 Å². The van der Waals surface area contributed by atoms with Gasteiger partial charge in [0.15, 0.2) is 0 Å². The molecule has 1 aliphatic heterocycles. The maximum atomic E-state index is 12.6. The van der Waals surface area contributed by atoms with E-state index in [0.29, 0.717) is 36.1 Å². The fraction of sp³-hybridized carbons (Fsp3) is 0.632. The minimum Gasteiger partial charge on any atom is -0.351 e. The third-order valence-corrected chi connectivity index (χ3v) is 7.90. The van der Waals surface area contributed by atoms with Gasteiger partial charge in [-0.25, -0.2) is 12.7 Å². The van der Waals surface area contributed by atoms with E-state index in [9.17, 15) is 13.2 Å². The van der Waals surface area contributed by atoms with Crippen LogP contribution in [0.15, 0.2) is 18.2 Å². The zero-order valence-electron chi connectivity index (χ0n) is 16.1. The van der Waals surface area contributed by atoms with E-state index in [1.54, 1.807) is 29.4 Å².